The van der Waals surface area contributed by atoms with E-state index in [4.69, 9.17) is 11.6 Å². The first-order valence-corrected chi connectivity index (χ1v) is 15.8. The number of carbonyl (C=O) groups excluding carboxylic acids is 1. The quantitative estimate of drug-likeness (QED) is 0.274. The zero-order valence-electron chi connectivity index (χ0n) is 23.2. The minimum Gasteiger partial charge on any atom is -0.481 e. The molecule has 1 saturated carbocycles. The van der Waals surface area contributed by atoms with Crippen molar-refractivity contribution in [2.75, 3.05) is 6.54 Å². The number of aryl methyl sites for hydroxylation is 1. The summed E-state index contributed by atoms with van der Waals surface area (Å²) < 4.78 is 138. The van der Waals surface area contributed by atoms with Gasteiger partial charge in [-0.3, -0.25) is 9.59 Å². The average molecular weight is 688 g/mol. The van der Waals surface area contributed by atoms with E-state index in [1.807, 2.05) is 0 Å². The molecule has 45 heavy (non-hydrogen) atoms. The molecule has 2 atom stereocenters. The molecule has 6 nitrogen and oxygen atoms in total. The van der Waals surface area contributed by atoms with Crippen LogP contribution < -0.4 is 0 Å². The highest BCUT2D eigenvalue weighted by Gasteiger charge is 2.74. The molecular formula is C29H26ClF8NO5S. The summed E-state index contributed by atoms with van der Waals surface area (Å²) in [7, 11) is -4.66. The van der Waals surface area contributed by atoms with Crippen molar-refractivity contribution >= 4 is 33.3 Å². The predicted molar refractivity (Wildman–Crippen MR) is 143 cm³/mol. The molecule has 3 aliphatic rings. The molecule has 1 aliphatic heterocycles. The Morgan fingerprint density at radius 2 is 1.44 bits per heavy atom. The Labute approximate surface area is 257 Å². The summed E-state index contributed by atoms with van der Waals surface area (Å²) in [6.07, 6.45) is -12.9. The van der Waals surface area contributed by atoms with E-state index in [0.717, 1.165) is 24.3 Å². The van der Waals surface area contributed by atoms with Crippen LogP contribution in [0.3, 0.4) is 0 Å². The van der Waals surface area contributed by atoms with E-state index in [1.165, 1.54) is 4.90 Å². The Balaban J connectivity index is 1.66. The van der Waals surface area contributed by atoms with Gasteiger partial charge in [-0.05, 0) is 86.4 Å². The van der Waals surface area contributed by atoms with Gasteiger partial charge >= 0.3 is 24.0 Å². The lowest BCUT2D eigenvalue weighted by molar-refractivity contribution is -0.348. The fraction of sp³-hybridized carbons (Fsp3) is 0.517. The maximum atomic E-state index is 15.1. The molecule has 2 aromatic carbocycles. The van der Waals surface area contributed by atoms with Crippen molar-refractivity contribution in [2.24, 2.45) is 11.8 Å². The van der Waals surface area contributed by atoms with Crippen LogP contribution in [-0.4, -0.2) is 55.2 Å². The Kier molecular flexibility index (Phi) is 8.24. The number of hydrogen-bond donors (Lipinski definition) is 1. The van der Waals surface area contributed by atoms with Crippen molar-refractivity contribution in [1.82, 2.24) is 4.90 Å². The number of carboxylic acids is 1. The van der Waals surface area contributed by atoms with Gasteiger partial charge in [0.25, 0.3) is 0 Å². The molecule has 246 valence electrons. The van der Waals surface area contributed by atoms with E-state index in [0.29, 0.717) is 12.1 Å². The number of aliphatic carboxylic acids is 1. The van der Waals surface area contributed by atoms with Gasteiger partial charge < -0.3 is 10.0 Å². The molecule has 2 aliphatic carbocycles. The first kappa shape index (κ1) is 33.4. The number of likely N-dealkylation sites (tertiary alicyclic amines) is 1. The van der Waals surface area contributed by atoms with Crippen molar-refractivity contribution in [3.63, 3.8) is 0 Å². The fourth-order valence-electron chi connectivity index (χ4n) is 7.17. The zero-order chi connectivity index (χ0) is 33.3. The van der Waals surface area contributed by atoms with Gasteiger partial charge in [-0.1, -0.05) is 17.7 Å². The SMILES string of the molecule is O=C(O)[C@H]1CC[C@H](C(=O)N2CC[C@@]3(S(=O)(=O)c4ccc(F)cc4)c4cc(Cl)c(C(F)(C(F)(F)F)C(F)(F)F)cc4CC[C@@H]23)CC1. The smallest absolute Gasteiger partial charge is 0.436 e. The minimum atomic E-state index is -6.46. The van der Waals surface area contributed by atoms with Crippen molar-refractivity contribution in [3.05, 3.63) is 63.9 Å². The molecule has 0 unspecified atom stereocenters. The third-order valence-corrected chi connectivity index (χ3v) is 12.3. The van der Waals surface area contributed by atoms with Crippen LogP contribution in [0.5, 0.6) is 0 Å². The van der Waals surface area contributed by atoms with Gasteiger partial charge in [-0.2, -0.15) is 26.3 Å². The van der Waals surface area contributed by atoms with Crippen LogP contribution in [0, 0.1) is 17.7 Å². The number of rotatable bonds is 5. The van der Waals surface area contributed by atoms with E-state index >= 15 is 4.39 Å². The first-order valence-electron chi connectivity index (χ1n) is 14.0. The summed E-state index contributed by atoms with van der Waals surface area (Å²) in [6, 6.07) is 3.39. The molecule has 2 fully saturated rings. The topological polar surface area (TPSA) is 91.8 Å². The van der Waals surface area contributed by atoms with Gasteiger partial charge in [0.1, 0.15) is 10.6 Å². The van der Waals surface area contributed by atoms with Gasteiger partial charge in [-0.25, -0.2) is 17.2 Å². The maximum absolute atomic E-state index is 15.1. The van der Waals surface area contributed by atoms with Gasteiger partial charge in [-0.15, -0.1) is 0 Å². The third kappa shape index (κ3) is 5.08. The molecule has 0 radical (unpaired) electrons. The highest BCUT2D eigenvalue weighted by Crippen LogP contribution is 2.58. The molecule has 0 spiro atoms. The van der Waals surface area contributed by atoms with Gasteiger partial charge in [0, 0.05) is 23.0 Å². The van der Waals surface area contributed by atoms with Gasteiger partial charge in [0.05, 0.1) is 16.9 Å². The highest BCUT2D eigenvalue weighted by molar-refractivity contribution is 7.92. The van der Waals surface area contributed by atoms with Crippen molar-refractivity contribution in [1.29, 1.82) is 0 Å². The standard InChI is InChI=1S/C29H26ClF8NO5S/c30-22-14-20-17(13-21(22)27(32,28(33,34)35)29(36,37)38)5-10-23-26(20,45(43,44)19-8-6-18(31)7-9-19)11-12-39(23)24(40)15-1-3-16(4-2-15)25(41)42/h6-9,13-16,23H,1-5,10-12H2,(H,41,42)/t15-,16-,23-,26-/m1/s1. The summed E-state index contributed by atoms with van der Waals surface area (Å²) >= 11 is 5.97. The fourth-order valence-corrected chi connectivity index (χ4v) is 9.82. The maximum Gasteiger partial charge on any atom is 0.436 e. The summed E-state index contributed by atoms with van der Waals surface area (Å²) in [5.41, 5.74) is -8.38. The number of sulfone groups is 1. The largest absolute Gasteiger partial charge is 0.481 e. The van der Waals surface area contributed by atoms with E-state index < -0.39 is 83.7 Å². The predicted octanol–water partition coefficient (Wildman–Crippen LogP) is 6.88. The van der Waals surface area contributed by atoms with E-state index in [9.17, 15) is 53.8 Å². The summed E-state index contributed by atoms with van der Waals surface area (Å²) in [6.45, 7) is -0.167. The van der Waals surface area contributed by atoms with Crippen molar-refractivity contribution < 1.29 is 58.2 Å². The Bertz CT molecular complexity index is 1610. The molecule has 1 N–H and O–H groups in total. The Hall–Kier alpha value is -2.94. The second-order valence-corrected chi connectivity index (χ2v) is 14.3. The lowest BCUT2D eigenvalue weighted by Gasteiger charge is -2.44. The third-order valence-electron chi connectivity index (χ3n) is 9.44. The van der Waals surface area contributed by atoms with Crippen LogP contribution in [0.15, 0.2) is 41.3 Å². The second-order valence-electron chi connectivity index (χ2n) is 11.7. The van der Waals surface area contributed by atoms with Crippen molar-refractivity contribution in [3.8, 4) is 0 Å². The van der Waals surface area contributed by atoms with Crippen molar-refractivity contribution in [2.45, 2.75) is 78.7 Å². The number of amides is 1. The van der Waals surface area contributed by atoms with Gasteiger partial charge in [0.15, 0.2) is 9.84 Å². The van der Waals surface area contributed by atoms with Crippen LogP contribution in [0.4, 0.5) is 35.1 Å². The molecule has 2 aromatic rings. The molecule has 0 bridgehead atoms. The van der Waals surface area contributed by atoms with Crippen LogP contribution >= 0.6 is 11.6 Å². The van der Waals surface area contributed by atoms with Crippen LogP contribution in [0.2, 0.25) is 5.02 Å². The lowest BCUT2D eigenvalue weighted by Crippen LogP contribution is -2.54. The molecular weight excluding hydrogens is 662 g/mol. The minimum absolute atomic E-state index is 0.167. The summed E-state index contributed by atoms with van der Waals surface area (Å²) in [4.78, 5) is 26.1. The van der Waals surface area contributed by atoms with Crippen LogP contribution in [0.25, 0.3) is 0 Å². The molecule has 1 heterocycles. The van der Waals surface area contributed by atoms with E-state index in [1.54, 1.807) is 0 Å². The molecule has 16 heteroatoms. The number of carbonyl (C=O) groups is 2. The number of halogens is 9. The number of nitrogens with zero attached hydrogens (tertiary/aromatic N) is 1. The number of hydrogen-bond acceptors (Lipinski definition) is 4. The first-order chi connectivity index (χ1) is 20.8. The van der Waals surface area contributed by atoms with E-state index in [-0.39, 0.29) is 62.6 Å². The lowest BCUT2D eigenvalue weighted by atomic mass is 9.76. The number of carboxylic acid groups (broad SMARTS) is 1. The van der Waals surface area contributed by atoms with Crippen LogP contribution in [-0.2, 0) is 36.3 Å². The Morgan fingerprint density at radius 3 is 1.98 bits per heavy atom. The van der Waals surface area contributed by atoms with E-state index in [2.05, 4.69) is 0 Å². The average Bonchev–Trinajstić information content (AvgIpc) is 3.37. The number of fused-ring (bicyclic) bond motifs is 3. The second kappa shape index (κ2) is 11.1. The molecule has 0 aromatic heterocycles. The zero-order valence-corrected chi connectivity index (χ0v) is 24.8. The monoisotopic (exact) mass is 687 g/mol. The highest BCUT2D eigenvalue weighted by atomic mass is 35.5. The molecule has 1 amide bonds. The van der Waals surface area contributed by atoms with Gasteiger partial charge in [0.2, 0.25) is 5.91 Å². The Morgan fingerprint density at radius 1 is 0.889 bits per heavy atom. The summed E-state index contributed by atoms with van der Waals surface area (Å²) in [5.74, 6) is -3.51. The number of benzene rings is 2. The summed E-state index contributed by atoms with van der Waals surface area (Å²) in [5, 5.41) is 8.00. The number of alkyl halides is 7. The normalized spacial score (nSPS) is 25.9. The molecule has 5 rings (SSSR count). The molecule has 1 saturated heterocycles. The van der Waals surface area contributed by atoms with Crippen LogP contribution in [0.1, 0.15) is 55.2 Å².